The summed E-state index contributed by atoms with van der Waals surface area (Å²) in [4.78, 5) is 12.4. The minimum Gasteiger partial charge on any atom is -0.497 e. The zero-order valence-electron chi connectivity index (χ0n) is 12.9. The van der Waals surface area contributed by atoms with E-state index in [2.05, 4.69) is 19.9 Å². The first-order valence-corrected chi connectivity index (χ1v) is 7.62. The monoisotopic (exact) mass is 286 g/mol. The third kappa shape index (κ3) is 2.82. The number of hydrogen-bond acceptors (Lipinski definition) is 3. The number of carbonyl (C=O) groups excluding carboxylic acids is 1. The first-order chi connectivity index (χ1) is 10.1. The Hall–Kier alpha value is -1.77. The van der Waals surface area contributed by atoms with Gasteiger partial charge in [-0.25, -0.2) is 0 Å². The van der Waals surface area contributed by atoms with Gasteiger partial charge in [0, 0.05) is 12.3 Å². The van der Waals surface area contributed by atoms with Crippen molar-refractivity contribution in [2.75, 3.05) is 7.11 Å². The summed E-state index contributed by atoms with van der Waals surface area (Å²) in [5.41, 5.74) is 2.07. The third-order valence-electron chi connectivity index (χ3n) is 4.51. The molecule has 0 aromatic heterocycles. The Balaban J connectivity index is 1.82. The molecule has 112 valence electrons. The predicted octanol–water partition coefficient (Wildman–Crippen LogP) is 4.02. The minimum absolute atomic E-state index is 0.00416. The fourth-order valence-electron chi connectivity index (χ4n) is 3.60. The largest absolute Gasteiger partial charge is 0.497 e. The lowest BCUT2D eigenvalue weighted by molar-refractivity contribution is 0.0684. The molecule has 1 aromatic rings. The van der Waals surface area contributed by atoms with Crippen molar-refractivity contribution in [3.63, 3.8) is 0 Å². The molecule has 3 atom stereocenters. The summed E-state index contributed by atoms with van der Waals surface area (Å²) in [6.45, 7) is 4.41. The van der Waals surface area contributed by atoms with Gasteiger partial charge in [-0.1, -0.05) is 18.6 Å². The topological polar surface area (TPSA) is 35.5 Å². The first-order valence-electron chi connectivity index (χ1n) is 7.62. The Labute approximate surface area is 125 Å². The average molecular weight is 286 g/mol. The fourth-order valence-corrected chi connectivity index (χ4v) is 3.60. The van der Waals surface area contributed by atoms with Crippen LogP contribution < -0.4 is 9.47 Å². The second kappa shape index (κ2) is 5.55. The van der Waals surface area contributed by atoms with Gasteiger partial charge in [0.25, 0.3) is 0 Å². The van der Waals surface area contributed by atoms with E-state index in [1.165, 1.54) is 5.57 Å². The van der Waals surface area contributed by atoms with E-state index in [0.717, 1.165) is 12.8 Å². The number of benzene rings is 1. The molecular weight excluding hydrogens is 264 g/mol. The van der Waals surface area contributed by atoms with E-state index >= 15 is 0 Å². The van der Waals surface area contributed by atoms with Crippen molar-refractivity contribution in [3.8, 4) is 11.5 Å². The van der Waals surface area contributed by atoms with Crippen LogP contribution >= 0.6 is 0 Å². The second-order valence-electron chi connectivity index (χ2n) is 6.34. The van der Waals surface area contributed by atoms with Crippen molar-refractivity contribution in [1.82, 2.24) is 0 Å². The quantitative estimate of drug-likeness (QED) is 0.770. The summed E-state index contributed by atoms with van der Waals surface area (Å²) >= 11 is 0. The molecule has 1 aliphatic heterocycles. The summed E-state index contributed by atoms with van der Waals surface area (Å²) < 4.78 is 11.3. The van der Waals surface area contributed by atoms with Crippen LogP contribution in [0, 0.1) is 11.8 Å². The van der Waals surface area contributed by atoms with Gasteiger partial charge in [0.15, 0.2) is 5.78 Å². The van der Waals surface area contributed by atoms with Crippen molar-refractivity contribution in [2.24, 2.45) is 11.8 Å². The minimum atomic E-state index is 0.00416. The molecule has 0 radical (unpaired) electrons. The van der Waals surface area contributed by atoms with Crippen LogP contribution in [0.2, 0.25) is 0 Å². The molecule has 3 nitrogen and oxygen atoms in total. The lowest BCUT2D eigenvalue weighted by Gasteiger charge is -2.35. The molecule has 0 N–H and O–H groups in total. The molecule has 3 heteroatoms. The van der Waals surface area contributed by atoms with Crippen LogP contribution in [-0.4, -0.2) is 19.0 Å². The molecule has 2 aliphatic rings. The molecule has 1 aromatic carbocycles. The number of fused-ring (bicyclic) bond motifs is 1. The summed E-state index contributed by atoms with van der Waals surface area (Å²) in [5.74, 6) is 2.58. The standard InChI is InChI=1S/C18H22O3/c1-11-6-12(2)8-13(7-11)18-10-16(19)15-9-14(20-3)4-5-17(15)21-18/h4-6,9,11,13,18H,7-8,10H2,1-3H3. The van der Waals surface area contributed by atoms with Crippen molar-refractivity contribution in [2.45, 2.75) is 39.2 Å². The van der Waals surface area contributed by atoms with Crippen molar-refractivity contribution in [3.05, 3.63) is 35.4 Å². The third-order valence-corrected chi connectivity index (χ3v) is 4.51. The van der Waals surface area contributed by atoms with E-state index in [-0.39, 0.29) is 11.9 Å². The molecule has 0 saturated heterocycles. The molecule has 0 fully saturated rings. The number of hydrogen-bond donors (Lipinski definition) is 0. The lowest BCUT2D eigenvalue weighted by Crippen LogP contribution is -2.35. The zero-order valence-corrected chi connectivity index (χ0v) is 12.9. The number of methoxy groups -OCH3 is 1. The van der Waals surface area contributed by atoms with Gasteiger partial charge < -0.3 is 9.47 Å². The molecule has 3 rings (SSSR count). The summed E-state index contributed by atoms with van der Waals surface area (Å²) in [7, 11) is 1.61. The lowest BCUT2D eigenvalue weighted by atomic mass is 9.78. The van der Waals surface area contributed by atoms with Crippen LogP contribution in [0.5, 0.6) is 11.5 Å². The van der Waals surface area contributed by atoms with Crippen LogP contribution in [-0.2, 0) is 0 Å². The molecule has 0 bridgehead atoms. The van der Waals surface area contributed by atoms with Gasteiger partial charge >= 0.3 is 0 Å². The number of ketones is 1. The van der Waals surface area contributed by atoms with Gasteiger partial charge in [0.2, 0.25) is 0 Å². The molecule has 1 aliphatic carbocycles. The summed E-state index contributed by atoms with van der Waals surface area (Å²) in [6.07, 6.45) is 4.95. The highest BCUT2D eigenvalue weighted by Gasteiger charge is 2.34. The molecule has 0 amide bonds. The molecule has 0 saturated carbocycles. The Morgan fingerprint density at radius 3 is 2.81 bits per heavy atom. The maximum absolute atomic E-state index is 12.4. The Morgan fingerprint density at radius 2 is 2.10 bits per heavy atom. The van der Waals surface area contributed by atoms with Crippen LogP contribution in [0.15, 0.2) is 29.8 Å². The Kier molecular flexibility index (Phi) is 3.75. The van der Waals surface area contributed by atoms with Gasteiger partial charge in [-0.15, -0.1) is 0 Å². The van der Waals surface area contributed by atoms with E-state index in [0.29, 0.717) is 35.3 Å². The van der Waals surface area contributed by atoms with Crippen LogP contribution in [0.4, 0.5) is 0 Å². The highest BCUT2D eigenvalue weighted by Crippen LogP contribution is 2.38. The van der Waals surface area contributed by atoms with Crippen molar-refractivity contribution >= 4 is 5.78 Å². The van der Waals surface area contributed by atoms with Gasteiger partial charge in [-0.2, -0.15) is 0 Å². The van der Waals surface area contributed by atoms with Crippen LogP contribution in [0.3, 0.4) is 0 Å². The SMILES string of the molecule is COc1ccc2c(c1)C(=O)CC(C1CC(C)=CC(C)C1)O2. The normalized spacial score (nSPS) is 28.4. The average Bonchev–Trinajstić information content (AvgIpc) is 2.46. The van der Waals surface area contributed by atoms with E-state index in [1.54, 1.807) is 13.2 Å². The van der Waals surface area contributed by atoms with Crippen molar-refractivity contribution in [1.29, 1.82) is 0 Å². The number of carbonyl (C=O) groups is 1. The maximum Gasteiger partial charge on any atom is 0.170 e. The Bertz CT molecular complexity index is 588. The molecule has 3 unspecified atom stereocenters. The second-order valence-corrected chi connectivity index (χ2v) is 6.34. The fraction of sp³-hybridized carbons (Fsp3) is 0.500. The van der Waals surface area contributed by atoms with Gasteiger partial charge in [-0.3, -0.25) is 4.79 Å². The molecule has 0 spiro atoms. The number of rotatable bonds is 2. The van der Waals surface area contributed by atoms with E-state index < -0.39 is 0 Å². The summed E-state index contributed by atoms with van der Waals surface area (Å²) in [6, 6.07) is 5.48. The first kappa shape index (κ1) is 14.2. The highest BCUT2D eigenvalue weighted by molar-refractivity contribution is 6.00. The molecule has 1 heterocycles. The Morgan fingerprint density at radius 1 is 1.29 bits per heavy atom. The maximum atomic E-state index is 12.4. The van der Waals surface area contributed by atoms with E-state index in [4.69, 9.17) is 9.47 Å². The zero-order chi connectivity index (χ0) is 15.0. The van der Waals surface area contributed by atoms with Gasteiger partial charge in [0.1, 0.15) is 17.6 Å². The molecular formula is C18H22O3. The van der Waals surface area contributed by atoms with Gasteiger partial charge in [-0.05, 0) is 43.9 Å². The van der Waals surface area contributed by atoms with Crippen LogP contribution in [0.1, 0.15) is 43.5 Å². The smallest absolute Gasteiger partial charge is 0.170 e. The van der Waals surface area contributed by atoms with Crippen molar-refractivity contribution < 1.29 is 14.3 Å². The predicted molar refractivity (Wildman–Crippen MR) is 82.0 cm³/mol. The highest BCUT2D eigenvalue weighted by atomic mass is 16.5. The van der Waals surface area contributed by atoms with E-state index in [9.17, 15) is 4.79 Å². The van der Waals surface area contributed by atoms with Gasteiger partial charge in [0.05, 0.1) is 12.7 Å². The summed E-state index contributed by atoms with van der Waals surface area (Å²) in [5, 5.41) is 0. The number of allylic oxidation sites excluding steroid dienone is 2. The van der Waals surface area contributed by atoms with E-state index in [1.807, 2.05) is 12.1 Å². The van der Waals surface area contributed by atoms with Crippen LogP contribution in [0.25, 0.3) is 0 Å². The number of Topliss-reactive ketones (excluding diaryl/α,β-unsaturated/α-hetero) is 1. The molecule has 21 heavy (non-hydrogen) atoms. The number of ether oxygens (including phenoxy) is 2.